The van der Waals surface area contributed by atoms with Crippen LogP contribution < -0.4 is 4.74 Å². The lowest BCUT2D eigenvalue weighted by molar-refractivity contribution is 0.0661. The van der Waals surface area contributed by atoms with Gasteiger partial charge in [-0.15, -0.1) is 0 Å². The lowest BCUT2D eigenvalue weighted by Crippen LogP contribution is -2.40. The van der Waals surface area contributed by atoms with Gasteiger partial charge < -0.3 is 9.64 Å². The average molecular weight is 295 g/mol. The van der Waals surface area contributed by atoms with Gasteiger partial charge in [0.25, 0.3) is 5.91 Å². The highest BCUT2D eigenvalue weighted by Gasteiger charge is 2.50. The van der Waals surface area contributed by atoms with Crippen molar-refractivity contribution in [3.8, 4) is 5.75 Å². The van der Waals surface area contributed by atoms with Gasteiger partial charge in [0, 0.05) is 24.9 Å². The van der Waals surface area contributed by atoms with Crippen LogP contribution in [-0.4, -0.2) is 39.5 Å². The quantitative estimate of drug-likeness (QED) is 0.870. The highest BCUT2D eigenvalue weighted by molar-refractivity contribution is 5.92. The van der Waals surface area contributed by atoms with E-state index in [1.165, 1.54) is 0 Å². The van der Waals surface area contributed by atoms with E-state index in [9.17, 15) is 4.79 Å². The molecule has 2 aromatic heterocycles. The van der Waals surface area contributed by atoms with Crippen LogP contribution in [0.2, 0.25) is 0 Å². The maximum absolute atomic E-state index is 12.6. The Morgan fingerprint density at radius 3 is 2.91 bits per heavy atom. The Balaban J connectivity index is 1.52. The molecular formula is C17H17N3O2. The lowest BCUT2D eigenvalue weighted by Gasteiger charge is -2.26. The number of nitrogens with zero attached hydrogens (tertiary/aromatic N) is 3. The van der Waals surface area contributed by atoms with Crippen LogP contribution in [0.1, 0.15) is 23.3 Å². The molecule has 4 rings (SSSR count). The zero-order chi connectivity index (χ0) is 14.9. The van der Waals surface area contributed by atoms with E-state index in [0.29, 0.717) is 11.6 Å². The second-order valence-electron chi connectivity index (χ2n) is 5.85. The number of aromatic nitrogens is 2. The molecule has 112 valence electrons. The fraction of sp³-hybridized carbons (Fsp3) is 0.353. The Morgan fingerprint density at radius 1 is 1.18 bits per heavy atom. The number of ether oxygens (including phenoxy) is 1. The van der Waals surface area contributed by atoms with Crippen molar-refractivity contribution in [2.75, 3.05) is 6.54 Å². The first-order valence-electron chi connectivity index (χ1n) is 7.61. The van der Waals surface area contributed by atoms with Crippen LogP contribution in [0.5, 0.6) is 5.75 Å². The first-order valence-corrected chi connectivity index (χ1v) is 7.61. The molecule has 3 atom stereocenters. The number of likely N-dealkylation sites (tertiary alicyclic amines) is 1. The summed E-state index contributed by atoms with van der Waals surface area (Å²) in [5, 5.41) is 0. The standard InChI is InChI=1S/C17H17N3O2/c21-17(14-5-1-2-9-19-14)20-11-12-6-7-15(20)16(12)22-13-4-3-8-18-10-13/h1-5,8-10,12,15-16H,6-7,11H2/t12-,15+,16+/m1/s1. The van der Waals surface area contributed by atoms with Gasteiger partial charge in [-0.1, -0.05) is 6.07 Å². The van der Waals surface area contributed by atoms with Crippen molar-refractivity contribution in [2.45, 2.75) is 25.0 Å². The monoisotopic (exact) mass is 295 g/mol. The second-order valence-corrected chi connectivity index (χ2v) is 5.85. The average Bonchev–Trinajstić information content (AvgIpc) is 3.13. The number of hydrogen-bond donors (Lipinski definition) is 0. The number of rotatable bonds is 3. The van der Waals surface area contributed by atoms with Crippen LogP contribution in [0.3, 0.4) is 0 Å². The largest absolute Gasteiger partial charge is 0.486 e. The molecule has 1 amide bonds. The molecule has 22 heavy (non-hydrogen) atoms. The smallest absolute Gasteiger partial charge is 0.272 e. The van der Waals surface area contributed by atoms with Crippen molar-refractivity contribution in [2.24, 2.45) is 5.92 Å². The van der Waals surface area contributed by atoms with Crippen molar-refractivity contribution in [3.05, 3.63) is 54.6 Å². The number of carbonyl (C=O) groups is 1. The number of amides is 1. The van der Waals surface area contributed by atoms with E-state index in [-0.39, 0.29) is 18.1 Å². The molecule has 2 bridgehead atoms. The van der Waals surface area contributed by atoms with Gasteiger partial charge >= 0.3 is 0 Å². The van der Waals surface area contributed by atoms with Crippen molar-refractivity contribution in [1.82, 2.24) is 14.9 Å². The summed E-state index contributed by atoms with van der Waals surface area (Å²) in [6.07, 6.45) is 7.29. The van der Waals surface area contributed by atoms with Gasteiger partial charge in [-0.3, -0.25) is 14.8 Å². The zero-order valence-corrected chi connectivity index (χ0v) is 12.1. The molecule has 0 spiro atoms. The Kier molecular flexibility index (Phi) is 3.25. The van der Waals surface area contributed by atoms with Gasteiger partial charge in [-0.2, -0.15) is 0 Å². The fourth-order valence-electron chi connectivity index (χ4n) is 3.56. The van der Waals surface area contributed by atoms with E-state index in [2.05, 4.69) is 9.97 Å². The van der Waals surface area contributed by atoms with E-state index in [4.69, 9.17) is 4.74 Å². The van der Waals surface area contributed by atoms with Gasteiger partial charge in [-0.05, 0) is 37.1 Å². The third kappa shape index (κ3) is 2.22. The van der Waals surface area contributed by atoms with E-state index < -0.39 is 0 Å². The number of fused-ring (bicyclic) bond motifs is 2. The minimum Gasteiger partial charge on any atom is -0.486 e. The molecule has 0 unspecified atom stereocenters. The Bertz CT molecular complexity index is 662. The first-order chi connectivity index (χ1) is 10.8. The molecular weight excluding hydrogens is 278 g/mol. The van der Waals surface area contributed by atoms with Crippen LogP contribution in [-0.2, 0) is 0 Å². The molecule has 2 fully saturated rings. The summed E-state index contributed by atoms with van der Waals surface area (Å²) < 4.78 is 6.10. The summed E-state index contributed by atoms with van der Waals surface area (Å²) in [5.74, 6) is 1.18. The van der Waals surface area contributed by atoms with Crippen LogP contribution in [0.4, 0.5) is 0 Å². The molecule has 2 aromatic rings. The van der Waals surface area contributed by atoms with E-state index in [1.807, 2.05) is 29.2 Å². The summed E-state index contributed by atoms with van der Waals surface area (Å²) in [6, 6.07) is 9.35. The normalized spacial score (nSPS) is 26.2. The highest BCUT2D eigenvalue weighted by Crippen LogP contribution is 2.40. The summed E-state index contributed by atoms with van der Waals surface area (Å²) in [7, 11) is 0. The molecule has 1 aliphatic heterocycles. The zero-order valence-electron chi connectivity index (χ0n) is 12.1. The maximum Gasteiger partial charge on any atom is 0.272 e. The Labute approximate surface area is 129 Å². The molecule has 1 aliphatic carbocycles. The minimum atomic E-state index is 0.00702. The third-order valence-corrected chi connectivity index (χ3v) is 4.56. The number of hydrogen-bond acceptors (Lipinski definition) is 4. The molecule has 5 nitrogen and oxygen atoms in total. The van der Waals surface area contributed by atoms with Crippen LogP contribution >= 0.6 is 0 Å². The molecule has 0 N–H and O–H groups in total. The predicted molar refractivity (Wildman–Crippen MR) is 80.4 cm³/mol. The molecule has 5 heteroatoms. The van der Waals surface area contributed by atoms with Gasteiger partial charge in [0.05, 0.1) is 12.2 Å². The van der Waals surface area contributed by atoms with Crippen LogP contribution in [0.25, 0.3) is 0 Å². The molecule has 2 aliphatic rings. The first kappa shape index (κ1) is 13.2. The maximum atomic E-state index is 12.6. The highest BCUT2D eigenvalue weighted by atomic mass is 16.5. The topological polar surface area (TPSA) is 55.3 Å². The number of piperidine rings is 1. The van der Waals surface area contributed by atoms with Gasteiger partial charge in [0.1, 0.15) is 17.5 Å². The summed E-state index contributed by atoms with van der Waals surface area (Å²) >= 11 is 0. The Morgan fingerprint density at radius 2 is 2.14 bits per heavy atom. The Hall–Kier alpha value is -2.43. The molecule has 1 saturated carbocycles. The van der Waals surface area contributed by atoms with E-state index in [1.54, 1.807) is 24.7 Å². The van der Waals surface area contributed by atoms with Crippen molar-refractivity contribution in [3.63, 3.8) is 0 Å². The second kappa shape index (κ2) is 5.40. The van der Waals surface area contributed by atoms with E-state index in [0.717, 1.165) is 25.1 Å². The predicted octanol–water partition coefficient (Wildman–Crippen LogP) is 2.16. The van der Waals surface area contributed by atoms with Crippen molar-refractivity contribution >= 4 is 5.91 Å². The van der Waals surface area contributed by atoms with Gasteiger partial charge in [0.15, 0.2) is 0 Å². The summed E-state index contributed by atoms with van der Waals surface area (Å²) in [4.78, 5) is 22.8. The fourth-order valence-corrected chi connectivity index (χ4v) is 3.56. The van der Waals surface area contributed by atoms with Crippen molar-refractivity contribution < 1.29 is 9.53 Å². The van der Waals surface area contributed by atoms with Crippen LogP contribution in [0.15, 0.2) is 48.9 Å². The minimum absolute atomic E-state index is 0.00702. The lowest BCUT2D eigenvalue weighted by atomic mass is 10.1. The van der Waals surface area contributed by atoms with E-state index >= 15 is 0 Å². The van der Waals surface area contributed by atoms with Crippen molar-refractivity contribution in [1.29, 1.82) is 0 Å². The van der Waals surface area contributed by atoms with Gasteiger partial charge in [0.2, 0.25) is 0 Å². The molecule has 0 radical (unpaired) electrons. The molecule has 0 aromatic carbocycles. The number of carbonyl (C=O) groups excluding carboxylic acids is 1. The molecule has 1 saturated heterocycles. The van der Waals surface area contributed by atoms with Crippen LogP contribution in [0, 0.1) is 5.92 Å². The van der Waals surface area contributed by atoms with Gasteiger partial charge in [-0.25, -0.2) is 0 Å². The SMILES string of the molecule is O=C(c1ccccn1)N1C[C@H]2CC[C@H]1[C@H]2Oc1cccnc1. The number of pyridine rings is 2. The third-order valence-electron chi connectivity index (χ3n) is 4.56. The molecule has 3 heterocycles. The summed E-state index contributed by atoms with van der Waals surface area (Å²) in [5.41, 5.74) is 0.509. The summed E-state index contributed by atoms with van der Waals surface area (Å²) in [6.45, 7) is 0.755.